The first-order valence-electron chi connectivity index (χ1n) is 9.11. The average molecular weight is 353 g/mol. The second-order valence-electron chi connectivity index (χ2n) is 6.84. The van der Waals surface area contributed by atoms with Gasteiger partial charge in [0.2, 0.25) is 5.76 Å². The van der Waals surface area contributed by atoms with Crippen LogP contribution >= 0.6 is 0 Å². The molecule has 2 aliphatic heterocycles. The number of ether oxygens (including phenoxy) is 4. The van der Waals surface area contributed by atoms with Crippen LogP contribution in [0.3, 0.4) is 0 Å². The standard InChI is InChI=1S/C22H24O4/c1-16-12-19-21(24-14-18-10-6-3-7-11-18)20(26-22(19)25-16)15-23-13-17-8-4-2-5-9-17/h2-12,19-22H,13-15H2,1H3/p+1/t19-,20+,21+,22+/m0/s1. The van der Waals surface area contributed by atoms with Gasteiger partial charge in [-0.25, -0.2) is 0 Å². The Balaban J connectivity index is 1.37. The van der Waals surface area contributed by atoms with Crippen molar-refractivity contribution in [3.8, 4) is 0 Å². The Labute approximate surface area is 154 Å². The van der Waals surface area contributed by atoms with E-state index in [-0.39, 0.29) is 24.4 Å². The van der Waals surface area contributed by atoms with Crippen molar-refractivity contribution in [1.82, 2.24) is 0 Å². The van der Waals surface area contributed by atoms with E-state index in [1.54, 1.807) is 0 Å². The maximum atomic E-state index is 6.26. The Bertz CT molecular complexity index is 728. The van der Waals surface area contributed by atoms with E-state index in [9.17, 15) is 0 Å². The number of allylic oxidation sites excluding steroid dienone is 1. The van der Waals surface area contributed by atoms with Crippen molar-refractivity contribution >= 4 is 0 Å². The third-order valence-corrected chi connectivity index (χ3v) is 4.83. The second-order valence-corrected chi connectivity index (χ2v) is 6.84. The largest absolute Gasteiger partial charge is 0.563 e. The van der Waals surface area contributed by atoms with Crippen molar-refractivity contribution in [2.75, 3.05) is 6.61 Å². The van der Waals surface area contributed by atoms with Crippen LogP contribution in [0, 0.1) is 5.92 Å². The molecule has 0 radical (unpaired) electrons. The maximum absolute atomic E-state index is 6.26. The van der Waals surface area contributed by atoms with Crippen molar-refractivity contribution in [3.63, 3.8) is 0 Å². The molecule has 1 N–H and O–H groups in total. The van der Waals surface area contributed by atoms with E-state index < -0.39 is 0 Å². The number of benzene rings is 2. The molecule has 1 saturated heterocycles. The number of aliphatic hydroxyl groups is 2. The first-order valence-corrected chi connectivity index (χ1v) is 9.11. The summed E-state index contributed by atoms with van der Waals surface area (Å²) in [6.45, 7) is 3.66. The summed E-state index contributed by atoms with van der Waals surface area (Å²) in [6.07, 6.45) is 1.88. The van der Waals surface area contributed by atoms with Gasteiger partial charge in [0.1, 0.15) is 18.1 Å². The molecule has 0 bridgehead atoms. The van der Waals surface area contributed by atoms with Crippen molar-refractivity contribution in [3.05, 3.63) is 83.6 Å². The van der Waals surface area contributed by atoms with Crippen LogP contribution in [0.25, 0.3) is 0 Å². The van der Waals surface area contributed by atoms with Crippen LogP contribution < -0.4 is 0 Å². The number of rotatable bonds is 7. The summed E-state index contributed by atoms with van der Waals surface area (Å²) in [5.41, 5.74) is 2.32. The molecule has 2 heterocycles. The summed E-state index contributed by atoms with van der Waals surface area (Å²) in [7, 11) is 0. The molecule has 2 aliphatic rings. The molecule has 0 aliphatic carbocycles. The monoisotopic (exact) mass is 353 g/mol. The lowest BCUT2D eigenvalue weighted by Gasteiger charge is -2.20. The molecular formula is C22H25O4+. The normalized spacial score (nSPS) is 27.0. The van der Waals surface area contributed by atoms with E-state index in [2.05, 4.69) is 35.1 Å². The van der Waals surface area contributed by atoms with E-state index in [4.69, 9.17) is 14.2 Å². The van der Waals surface area contributed by atoms with Crippen molar-refractivity contribution in [1.29, 1.82) is 0 Å². The molecule has 1 fully saturated rings. The molecule has 136 valence electrons. The Kier molecular flexibility index (Phi) is 5.34. The molecule has 0 aromatic heterocycles. The van der Waals surface area contributed by atoms with Gasteiger partial charge in [-0.05, 0) is 11.1 Å². The van der Waals surface area contributed by atoms with Crippen LogP contribution in [-0.2, 0) is 27.4 Å². The highest BCUT2D eigenvalue weighted by Crippen LogP contribution is 2.36. The van der Waals surface area contributed by atoms with Crippen LogP contribution in [0.15, 0.2) is 72.5 Å². The van der Waals surface area contributed by atoms with Gasteiger partial charge in [-0.1, -0.05) is 60.7 Å². The summed E-state index contributed by atoms with van der Waals surface area (Å²) in [6, 6.07) is 20.4. The van der Waals surface area contributed by atoms with Crippen LogP contribution in [0.4, 0.5) is 0 Å². The van der Waals surface area contributed by atoms with E-state index in [1.807, 2.05) is 43.3 Å². The number of hydrogen-bond acceptors (Lipinski definition) is 3. The van der Waals surface area contributed by atoms with Gasteiger partial charge < -0.3 is 14.2 Å². The molecule has 26 heavy (non-hydrogen) atoms. The number of fused-ring (bicyclic) bond motifs is 1. The lowest BCUT2D eigenvalue weighted by atomic mass is 10.0. The molecule has 0 unspecified atom stereocenters. The molecular weight excluding hydrogens is 328 g/mol. The van der Waals surface area contributed by atoms with Gasteiger partial charge in [-0.15, -0.1) is 0 Å². The van der Waals surface area contributed by atoms with Crippen LogP contribution in [0.1, 0.15) is 18.1 Å². The molecule has 0 amide bonds. The lowest BCUT2D eigenvalue weighted by Crippen LogP contribution is -2.32. The summed E-state index contributed by atoms with van der Waals surface area (Å²) in [5, 5.41) is 0. The van der Waals surface area contributed by atoms with Gasteiger partial charge >= 0.3 is 6.29 Å². The highest BCUT2D eigenvalue weighted by atomic mass is 16.7. The summed E-state index contributed by atoms with van der Waals surface area (Å²) >= 11 is 0. The molecule has 2 aromatic carbocycles. The van der Waals surface area contributed by atoms with E-state index in [0.717, 1.165) is 16.9 Å². The molecule has 4 heteroatoms. The van der Waals surface area contributed by atoms with Gasteiger partial charge in [0, 0.05) is 13.0 Å². The van der Waals surface area contributed by atoms with E-state index >= 15 is 0 Å². The van der Waals surface area contributed by atoms with Gasteiger partial charge in [0.15, 0.2) is 0 Å². The average Bonchev–Trinajstić information content (AvgIpc) is 3.17. The highest BCUT2D eigenvalue weighted by Gasteiger charge is 2.52. The topological polar surface area (TPSA) is 40.5 Å². The zero-order valence-corrected chi connectivity index (χ0v) is 15.0. The highest BCUT2D eigenvalue weighted by molar-refractivity contribution is 5.15. The minimum Gasteiger partial charge on any atom is -0.563 e. The SMILES string of the molecule is CC1=C[C@H]2[C@@H](OCc3ccccc3)[C@@H](COCc3ccccc3)O[C@H]2[OH+]1. The van der Waals surface area contributed by atoms with Crippen molar-refractivity contribution in [2.45, 2.75) is 38.6 Å². The van der Waals surface area contributed by atoms with Gasteiger partial charge in [-0.3, -0.25) is 4.74 Å². The predicted octanol–water partition coefficient (Wildman–Crippen LogP) is 3.58. The number of hydrogen-bond donors (Lipinski definition) is 0. The fourth-order valence-corrected chi connectivity index (χ4v) is 3.56. The second kappa shape index (κ2) is 8.04. The van der Waals surface area contributed by atoms with Gasteiger partial charge in [0.25, 0.3) is 0 Å². The molecule has 4 atom stereocenters. The smallest absolute Gasteiger partial charge is 0.305 e. The maximum Gasteiger partial charge on any atom is 0.305 e. The third kappa shape index (κ3) is 3.98. The first-order chi connectivity index (χ1) is 12.8. The Hall–Kier alpha value is -2.14. The van der Waals surface area contributed by atoms with Crippen LogP contribution in [0.2, 0.25) is 0 Å². The quantitative estimate of drug-likeness (QED) is 0.715. The fraction of sp³-hybridized carbons (Fsp3) is 0.364. The Morgan fingerprint density at radius 2 is 1.58 bits per heavy atom. The summed E-state index contributed by atoms with van der Waals surface area (Å²) < 4.78 is 22.9. The third-order valence-electron chi connectivity index (χ3n) is 4.83. The molecule has 2 aromatic rings. The lowest BCUT2D eigenvalue weighted by molar-refractivity contribution is -0.199. The molecule has 0 saturated carbocycles. The molecule has 4 nitrogen and oxygen atoms in total. The van der Waals surface area contributed by atoms with E-state index in [1.165, 1.54) is 0 Å². The zero-order valence-electron chi connectivity index (χ0n) is 15.0. The Morgan fingerprint density at radius 1 is 0.923 bits per heavy atom. The minimum absolute atomic E-state index is 0.0443. The molecule has 4 rings (SSSR count). The first kappa shape index (κ1) is 17.3. The van der Waals surface area contributed by atoms with Crippen molar-refractivity contribution < 1.29 is 18.9 Å². The van der Waals surface area contributed by atoms with Gasteiger partial charge in [-0.2, -0.15) is 0 Å². The van der Waals surface area contributed by atoms with Crippen molar-refractivity contribution in [2.24, 2.45) is 5.92 Å². The van der Waals surface area contributed by atoms with Crippen LogP contribution in [0.5, 0.6) is 0 Å². The zero-order chi connectivity index (χ0) is 17.8. The minimum atomic E-state index is -0.138. The van der Waals surface area contributed by atoms with Gasteiger partial charge in [0.05, 0.1) is 19.8 Å². The Morgan fingerprint density at radius 3 is 2.27 bits per heavy atom. The molecule has 0 spiro atoms. The van der Waals surface area contributed by atoms with E-state index in [0.29, 0.717) is 19.8 Å². The predicted molar refractivity (Wildman–Crippen MR) is 99.2 cm³/mol. The summed E-state index contributed by atoms with van der Waals surface area (Å²) in [5.74, 6) is 1.20. The van der Waals surface area contributed by atoms with Crippen LogP contribution in [-0.4, -0.2) is 29.8 Å². The summed E-state index contributed by atoms with van der Waals surface area (Å²) in [4.78, 5) is 0. The fourth-order valence-electron chi connectivity index (χ4n) is 3.56.